The molecule has 0 radical (unpaired) electrons. The van der Waals surface area contributed by atoms with Gasteiger partial charge in [-0.25, -0.2) is 0 Å². The zero-order valence-corrected chi connectivity index (χ0v) is 14.1. The summed E-state index contributed by atoms with van der Waals surface area (Å²) in [6.45, 7) is 2.41. The number of rotatable bonds is 2. The van der Waals surface area contributed by atoms with Crippen molar-refractivity contribution in [3.63, 3.8) is 0 Å². The number of Topliss-reactive ketones (excluding diaryl/α,β-unsaturated/α-hetero) is 1. The van der Waals surface area contributed by atoms with E-state index in [9.17, 15) is 9.90 Å². The molecule has 126 valence electrons. The first-order valence-electron chi connectivity index (χ1n) is 9.75. The molecule has 4 fully saturated rings. The molecule has 1 aromatic carbocycles. The fourth-order valence-electron chi connectivity index (χ4n) is 6.55. The number of hydrogen-bond donors (Lipinski definition) is 1. The maximum absolute atomic E-state index is 12.7. The molecule has 5 aliphatic rings. The van der Waals surface area contributed by atoms with Gasteiger partial charge in [-0.05, 0) is 79.7 Å². The minimum atomic E-state index is 0.0196. The Morgan fingerprint density at radius 2 is 2.17 bits per heavy atom. The van der Waals surface area contributed by atoms with Crippen LogP contribution < -0.4 is 0 Å². The Labute approximate surface area is 143 Å². The Bertz CT molecular complexity index is 739. The molecule has 24 heavy (non-hydrogen) atoms. The highest BCUT2D eigenvalue weighted by molar-refractivity contribution is 5.87. The molecule has 2 unspecified atom stereocenters. The van der Waals surface area contributed by atoms with Crippen LogP contribution in [0.1, 0.15) is 43.2 Å². The third-order valence-electron chi connectivity index (χ3n) is 7.82. The molecule has 3 nitrogen and oxygen atoms in total. The molecule has 2 bridgehead atoms. The van der Waals surface area contributed by atoms with Crippen molar-refractivity contribution < 1.29 is 9.90 Å². The summed E-state index contributed by atoms with van der Waals surface area (Å²) < 4.78 is 0. The number of phenolic OH excluding ortho intramolecular Hbond substituents is 1. The van der Waals surface area contributed by atoms with Gasteiger partial charge in [0.05, 0.1) is 0 Å². The average molecular weight is 323 g/mol. The highest BCUT2D eigenvalue weighted by Gasteiger charge is 2.66. The largest absolute Gasteiger partial charge is 0.508 e. The minimum Gasteiger partial charge on any atom is -0.508 e. The van der Waals surface area contributed by atoms with Gasteiger partial charge in [0.2, 0.25) is 0 Å². The highest BCUT2D eigenvalue weighted by atomic mass is 16.3. The molecule has 1 aromatic rings. The lowest BCUT2D eigenvalue weighted by Crippen LogP contribution is -2.63. The topological polar surface area (TPSA) is 40.5 Å². The zero-order valence-electron chi connectivity index (χ0n) is 14.1. The van der Waals surface area contributed by atoms with E-state index >= 15 is 0 Å². The molecule has 0 aromatic heterocycles. The summed E-state index contributed by atoms with van der Waals surface area (Å²) in [5, 5.41) is 10.1. The number of carbonyl (C=O) groups excluding carboxylic acids is 1. The Balaban J connectivity index is 1.49. The normalized spacial score (nSPS) is 42.9. The third kappa shape index (κ3) is 1.74. The number of likely N-dealkylation sites (tertiary alicyclic amines) is 1. The van der Waals surface area contributed by atoms with Gasteiger partial charge in [-0.1, -0.05) is 6.07 Å². The molecule has 1 aliphatic heterocycles. The number of ketones is 1. The van der Waals surface area contributed by atoms with E-state index < -0.39 is 0 Å². The second kappa shape index (κ2) is 4.43. The van der Waals surface area contributed by atoms with Crippen molar-refractivity contribution in [3.05, 3.63) is 29.3 Å². The summed E-state index contributed by atoms with van der Waals surface area (Å²) in [7, 11) is 0. The van der Waals surface area contributed by atoms with E-state index in [1.807, 2.05) is 12.1 Å². The molecular formula is C21H25NO2. The number of fused-ring (bicyclic) bond motifs is 2. The molecule has 0 amide bonds. The summed E-state index contributed by atoms with van der Waals surface area (Å²) in [5.74, 6) is 3.42. The van der Waals surface area contributed by atoms with Crippen molar-refractivity contribution in [3.8, 4) is 5.75 Å². The monoisotopic (exact) mass is 323 g/mol. The van der Waals surface area contributed by atoms with Gasteiger partial charge < -0.3 is 5.11 Å². The van der Waals surface area contributed by atoms with E-state index in [0.717, 1.165) is 38.1 Å². The van der Waals surface area contributed by atoms with Crippen LogP contribution in [0.3, 0.4) is 0 Å². The summed E-state index contributed by atoms with van der Waals surface area (Å²) in [6, 6.07) is 6.58. The van der Waals surface area contributed by atoms with Crippen LogP contribution in [-0.4, -0.2) is 34.9 Å². The number of benzene rings is 1. The Hall–Kier alpha value is -1.35. The van der Waals surface area contributed by atoms with Crippen molar-refractivity contribution >= 4 is 5.78 Å². The molecular weight excluding hydrogens is 298 g/mol. The van der Waals surface area contributed by atoms with E-state index in [1.54, 1.807) is 0 Å². The Morgan fingerprint density at radius 1 is 1.29 bits per heavy atom. The van der Waals surface area contributed by atoms with Crippen LogP contribution in [0.15, 0.2) is 18.2 Å². The average Bonchev–Trinajstić information content (AvgIpc) is 3.44. The summed E-state index contributed by atoms with van der Waals surface area (Å²) >= 11 is 0. The first-order chi connectivity index (χ1) is 11.7. The van der Waals surface area contributed by atoms with Crippen LogP contribution >= 0.6 is 0 Å². The SMILES string of the molecule is O=C1C[C@]23CCN(CC4CC4)[C@H](Cc4ccc(O)cc42)[C@@H]3C2CC12. The van der Waals surface area contributed by atoms with E-state index in [4.69, 9.17) is 0 Å². The number of carbonyl (C=O) groups is 1. The van der Waals surface area contributed by atoms with Crippen LogP contribution in [0.5, 0.6) is 5.75 Å². The molecule has 1 N–H and O–H groups in total. The van der Waals surface area contributed by atoms with Crippen molar-refractivity contribution in [1.29, 1.82) is 0 Å². The fraction of sp³-hybridized carbons (Fsp3) is 0.667. The smallest absolute Gasteiger partial charge is 0.137 e. The molecule has 3 saturated carbocycles. The fourth-order valence-corrected chi connectivity index (χ4v) is 6.55. The lowest BCUT2D eigenvalue weighted by Gasteiger charge is -2.58. The van der Waals surface area contributed by atoms with E-state index in [1.165, 1.54) is 30.5 Å². The van der Waals surface area contributed by atoms with Gasteiger partial charge >= 0.3 is 0 Å². The predicted molar refractivity (Wildman–Crippen MR) is 90.9 cm³/mol. The first-order valence-corrected chi connectivity index (χ1v) is 9.75. The summed E-state index contributed by atoms with van der Waals surface area (Å²) in [6.07, 6.45) is 6.90. The van der Waals surface area contributed by atoms with Crippen LogP contribution in [0.25, 0.3) is 0 Å². The molecule has 4 aliphatic carbocycles. The van der Waals surface area contributed by atoms with Gasteiger partial charge in [-0.3, -0.25) is 9.69 Å². The van der Waals surface area contributed by atoms with E-state index in [0.29, 0.717) is 35.3 Å². The molecule has 0 spiro atoms. The molecule has 6 rings (SSSR count). The number of phenols is 1. The second-order valence-corrected chi connectivity index (χ2v) is 9.13. The Morgan fingerprint density at radius 3 is 3.00 bits per heavy atom. The lowest BCUT2D eigenvalue weighted by molar-refractivity contribution is -0.128. The van der Waals surface area contributed by atoms with Crippen LogP contribution in [0.2, 0.25) is 0 Å². The summed E-state index contributed by atoms with van der Waals surface area (Å²) in [4.78, 5) is 15.5. The number of piperidine rings is 1. The van der Waals surface area contributed by atoms with Gasteiger partial charge in [0.25, 0.3) is 0 Å². The molecule has 1 heterocycles. The predicted octanol–water partition coefficient (Wildman–Crippen LogP) is 2.90. The van der Waals surface area contributed by atoms with Gasteiger partial charge in [-0.2, -0.15) is 0 Å². The molecule has 5 atom stereocenters. The minimum absolute atomic E-state index is 0.0196. The summed E-state index contributed by atoms with van der Waals surface area (Å²) in [5.41, 5.74) is 2.72. The van der Waals surface area contributed by atoms with Crippen LogP contribution in [0, 0.1) is 23.7 Å². The standard InChI is InChI=1S/C21H25NO2/c23-14-4-3-13-7-18-20-16-9-15(16)19(24)10-21(20,17(13)8-14)5-6-22(18)11-12-1-2-12/h3-4,8,12,15-16,18,20,23H,1-2,5-7,9-11H2/t15?,16?,18-,20+,21-/m1/s1. The van der Waals surface area contributed by atoms with E-state index in [-0.39, 0.29) is 5.41 Å². The van der Waals surface area contributed by atoms with Crippen molar-refractivity contribution in [2.45, 2.75) is 50.0 Å². The van der Waals surface area contributed by atoms with Gasteiger partial charge in [0.1, 0.15) is 11.5 Å². The maximum Gasteiger partial charge on any atom is 0.137 e. The number of nitrogens with zero attached hydrogens (tertiary/aromatic N) is 1. The van der Waals surface area contributed by atoms with Gasteiger partial charge in [0.15, 0.2) is 0 Å². The molecule has 1 saturated heterocycles. The van der Waals surface area contributed by atoms with Crippen molar-refractivity contribution in [2.24, 2.45) is 23.7 Å². The van der Waals surface area contributed by atoms with Crippen LogP contribution in [0.4, 0.5) is 0 Å². The Kier molecular flexibility index (Phi) is 2.56. The number of aromatic hydroxyl groups is 1. The van der Waals surface area contributed by atoms with Gasteiger partial charge in [-0.15, -0.1) is 0 Å². The molecule has 3 heteroatoms. The first kappa shape index (κ1) is 13.9. The zero-order chi connectivity index (χ0) is 16.1. The maximum atomic E-state index is 12.7. The lowest BCUT2D eigenvalue weighted by atomic mass is 9.52. The van der Waals surface area contributed by atoms with E-state index in [2.05, 4.69) is 11.0 Å². The number of hydrogen-bond acceptors (Lipinski definition) is 3. The van der Waals surface area contributed by atoms with Crippen LogP contribution in [-0.2, 0) is 16.6 Å². The van der Waals surface area contributed by atoms with Crippen molar-refractivity contribution in [2.75, 3.05) is 13.1 Å². The van der Waals surface area contributed by atoms with Crippen molar-refractivity contribution in [1.82, 2.24) is 4.90 Å². The third-order valence-corrected chi connectivity index (χ3v) is 7.82. The highest BCUT2D eigenvalue weighted by Crippen LogP contribution is 2.65. The van der Waals surface area contributed by atoms with Gasteiger partial charge in [0, 0.05) is 30.3 Å². The second-order valence-electron chi connectivity index (χ2n) is 9.13. The quantitative estimate of drug-likeness (QED) is 0.910.